The zero-order valence-corrected chi connectivity index (χ0v) is 16.1. The molecular weight excluding hydrogens is 328 g/mol. The van der Waals surface area contributed by atoms with Gasteiger partial charge in [-0.2, -0.15) is 0 Å². The Hall–Kier alpha value is -1.85. The fourth-order valence-corrected chi connectivity index (χ4v) is 3.81. The Balaban J connectivity index is 2.04. The second kappa shape index (κ2) is 10.2. The molecule has 134 valence electrons. The molecule has 0 saturated carbocycles. The van der Waals surface area contributed by atoms with Crippen molar-refractivity contribution in [2.24, 2.45) is 9.98 Å². The maximum Gasteiger partial charge on any atom is 0.170 e. The summed E-state index contributed by atoms with van der Waals surface area (Å²) >= 11 is 1.77. The molecule has 1 aromatic rings. The highest BCUT2D eigenvalue weighted by atomic mass is 32.1. The van der Waals surface area contributed by atoms with E-state index in [4.69, 9.17) is 5.41 Å². The van der Waals surface area contributed by atoms with Crippen LogP contribution in [-0.2, 0) is 6.54 Å². The topological polar surface area (TPSA) is 51.8 Å². The average molecular weight is 357 g/mol. The van der Waals surface area contributed by atoms with Crippen molar-refractivity contribution in [3.05, 3.63) is 46.8 Å². The summed E-state index contributed by atoms with van der Waals surface area (Å²) in [7, 11) is 0. The van der Waals surface area contributed by atoms with E-state index >= 15 is 0 Å². The van der Waals surface area contributed by atoms with Gasteiger partial charge in [0, 0.05) is 22.5 Å². The quantitative estimate of drug-likeness (QED) is 0.561. The van der Waals surface area contributed by atoms with Crippen LogP contribution in [0.4, 0.5) is 0 Å². The van der Waals surface area contributed by atoms with Crippen LogP contribution in [0.2, 0.25) is 0 Å². The van der Waals surface area contributed by atoms with Crippen LogP contribution in [0.3, 0.4) is 0 Å². The highest BCUT2D eigenvalue weighted by Gasteiger charge is 2.12. The van der Waals surface area contributed by atoms with Gasteiger partial charge in [0.2, 0.25) is 0 Å². The van der Waals surface area contributed by atoms with Crippen molar-refractivity contribution in [1.29, 1.82) is 5.41 Å². The molecule has 1 aliphatic heterocycles. The summed E-state index contributed by atoms with van der Waals surface area (Å²) < 4.78 is 0. The van der Waals surface area contributed by atoms with Crippen molar-refractivity contribution in [3.8, 4) is 0 Å². The minimum atomic E-state index is 0.146. The maximum absolute atomic E-state index is 8.11. The molecule has 5 heteroatoms. The summed E-state index contributed by atoms with van der Waals surface area (Å²) in [6, 6.07) is 4.30. The molecular formula is C20H28N4S. The Morgan fingerprint density at radius 1 is 1.28 bits per heavy atom. The van der Waals surface area contributed by atoms with Crippen LogP contribution in [0.5, 0.6) is 0 Å². The highest BCUT2D eigenvalue weighted by molar-refractivity contribution is 7.14. The van der Waals surface area contributed by atoms with Crippen LogP contribution < -0.4 is 0 Å². The summed E-state index contributed by atoms with van der Waals surface area (Å²) in [5.41, 5.74) is 1.34. The summed E-state index contributed by atoms with van der Waals surface area (Å²) in [6.07, 6.45) is 10.4. The van der Waals surface area contributed by atoms with E-state index in [2.05, 4.69) is 33.6 Å². The molecule has 1 N–H and O–H groups in total. The molecule has 0 radical (unpaired) electrons. The molecule has 1 aromatic heterocycles. The maximum atomic E-state index is 8.11. The van der Waals surface area contributed by atoms with Gasteiger partial charge in [0.05, 0.1) is 5.71 Å². The number of allylic oxidation sites excluding steroid dienone is 1. The minimum Gasteiger partial charge on any atom is -0.298 e. The molecule has 0 spiro atoms. The molecule has 0 amide bonds. The predicted molar refractivity (Wildman–Crippen MR) is 110 cm³/mol. The van der Waals surface area contributed by atoms with Crippen molar-refractivity contribution in [1.82, 2.24) is 4.90 Å². The molecule has 0 bridgehead atoms. The Morgan fingerprint density at radius 3 is 2.64 bits per heavy atom. The zero-order valence-electron chi connectivity index (χ0n) is 15.3. The second-order valence-corrected chi connectivity index (χ2v) is 7.37. The normalized spacial score (nSPS) is 17.7. The number of nitrogens with zero attached hydrogens (tertiary/aromatic N) is 3. The SMILES string of the molecule is C=CC(=N/C=C\C)C(=N)N=C(C)c1ccc(CN2CCCCCC2)s1. The number of thiophene rings is 1. The van der Waals surface area contributed by atoms with Gasteiger partial charge < -0.3 is 0 Å². The molecule has 1 saturated heterocycles. The molecule has 2 rings (SSSR count). The molecule has 0 aromatic carbocycles. The predicted octanol–water partition coefficient (Wildman–Crippen LogP) is 5.07. The third-order valence-corrected chi connectivity index (χ3v) is 5.35. The summed E-state index contributed by atoms with van der Waals surface area (Å²) in [5, 5.41) is 8.11. The van der Waals surface area contributed by atoms with Gasteiger partial charge in [0.1, 0.15) is 5.71 Å². The van der Waals surface area contributed by atoms with Crippen LogP contribution in [0.1, 0.15) is 49.3 Å². The number of amidine groups is 1. The van der Waals surface area contributed by atoms with Crippen LogP contribution in [0.25, 0.3) is 0 Å². The lowest BCUT2D eigenvalue weighted by atomic mass is 10.2. The summed E-state index contributed by atoms with van der Waals surface area (Å²) in [4.78, 5) is 13.6. The lowest BCUT2D eigenvalue weighted by molar-refractivity contribution is 0.279. The number of likely N-dealkylation sites (tertiary alicyclic amines) is 1. The van der Waals surface area contributed by atoms with Gasteiger partial charge in [-0.05, 0) is 58.0 Å². The molecule has 0 atom stereocenters. The minimum absolute atomic E-state index is 0.146. The van der Waals surface area contributed by atoms with Crippen LogP contribution >= 0.6 is 11.3 Å². The Labute approximate surface area is 155 Å². The van der Waals surface area contributed by atoms with Gasteiger partial charge in [0.15, 0.2) is 5.84 Å². The fraction of sp³-hybridized carbons (Fsp3) is 0.450. The van der Waals surface area contributed by atoms with Crippen molar-refractivity contribution in [3.63, 3.8) is 0 Å². The monoisotopic (exact) mass is 356 g/mol. The Bertz CT molecular complexity index is 674. The third-order valence-electron chi connectivity index (χ3n) is 4.17. The van der Waals surface area contributed by atoms with E-state index in [1.165, 1.54) is 43.6 Å². The molecule has 1 aliphatic rings. The first kappa shape index (κ1) is 19.5. The molecule has 1 fully saturated rings. The van der Waals surface area contributed by atoms with E-state index < -0.39 is 0 Å². The molecule has 25 heavy (non-hydrogen) atoms. The number of rotatable bonds is 6. The van der Waals surface area contributed by atoms with E-state index in [1.54, 1.807) is 23.6 Å². The van der Waals surface area contributed by atoms with Crippen LogP contribution in [0, 0.1) is 5.41 Å². The van der Waals surface area contributed by atoms with Gasteiger partial charge in [-0.15, -0.1) is 11.3 Å². The first-order valence-electron chi connectivity index (χ1n) is 8.91. The van der Waals surface area contributed by atoms with Gasteiger partial charge >= 0.3 is 0 Å². The first-order chi connectivity index (χ1) is 12.1. The van der Waals surface area contributed by atoms with E-state index in [9.17, 15) is 0 Å². The molecule has 0 aliphatic carbocycles. The number of hydrogen-bond donors (Lipinski definition) is 1. The molecule has 2 heterocycles. The van der Waals surface area contributed by atoms with Crippen molar-refractivity contribution in [2.75, 3.05) is 13.1 Å². The Kier molecular flexibility index (Phi) is 7.95. The second-order valence-electron chi connectivity index (χ2n) is 6.20. The average Bonchev–Trinajstić information content (AvgIpc) is 2.91. The van der Waals surface area contributed by atoms with E-state index in [0.29, 0.717) is 5.71 Å². The summed E-state index contributed by atoms with van der Waals surface area (Å²) in [5.74, 6) is 0.146. The largest absolute Gasteiger partial charge is 0.298 e. The van der Waals surface area contributed by atoms with Gasteiger partial charge in [-0.1, -0.05) is 25.5 Å². The zero-order chi connectivity index (χ0) is 18.1. The summed E-state index contributed by atoms with van der Waals surface area (Å²) in [6.45, 7) is 11.0. The van der Waals surface area contributed by atoms with Crippen molar-refractivity contribution >= 4 is 28.6 Å². The fourth-order valence-electron chi connectivity index (χ4n) is 2.82. The van der Waals surface area contributed by atoms with Gasteiger partial charge in [-0.3, -0.25) is 15.3 Å². The Morgan fingerprint density at radius 2 is 2.00 bits per heavy atom. The number of hydrogen-bond acceptors (Lipinski definition) is 4. The van der Waals surface area contributed by atoms with Gasteiger partial charge in [-0.25, -0.2) is 4.99 Å². The van der Waals surface area contributed by atoms with E-state index in [0.717, 1.165) is 17.1 Å². The smallest absolute Gasteiger partial charge is 0.170 e. The lowest BCUT2D eigenvalue weighted by Crippen LogP contribution is -2.23. The van der Waals surface area contributed by atoms with E-state index in [-0.39, 0.29) is 5.84 Å². The molecule has 4 nitrogen and oxygen atoms in total. The van der Waals surface area contributed by atoms with Gasteiger partial charge in [0.25, 0.3) is 0 Å². The first-order valence-corrected chi connectivity index (χ1v) is 9.72. The van der Waals surface area contributed by atoms with Crippen molar-refractivity contribution in [2.45, 2.75) is 46.1 Å². The van der Waals surface area contributed by atoms with Crippen LogP contribution in [0.15, 0.2) is 47.0 Å². The highest BCUT2D eigenvalue weighted by Crippen LogP contribution is 2.21. The van der Waals surface area contributed by atoms with Crippen molar-refractivity contribution < 1.29 is 0 Å². The molecule has 0 unspecified atom stereocenters. The third kappa shape index (κ3) is 6.18. The standard InChI is InChI=1S/C20H28N4S/c1-4-12-22-18(5-2)20(21)23-16(3)19-11-10-17(25-19)15-24-13-8-6-7-9-14-24/h4-5,10-12,21H,2,6-9,13-15H2,1,3H3/b12-4-,21-20?,22-18?,23-16?. The van der Waals surface area contributed by atoms with Crippen LogP contribution in [-0.4, -0.2) is 35.2 Å². The number of aliphatic imine (C=N–C) groups is 2. The number of nitrogens with one attached hydrogen (secondary N) is 1. The van der Waals surface area contributed by atoms with E-state index in [1.807, 2.05) is 19.9 Å². The lowest BCUT2D eigenvalue weighted by Gasteiger charge is -2.18.